The van der Waals surface area contributed by atoms with Crippen LogP contribution in [-0.2, 0) is 4.74 Å². The second-order valence-corrected chi connectivity index (χ2v) is 9.37. The van der Waals surface area contributed by atoms with Crippen molar-refractivity contribution in [2.75, 3.05) is 0 Å². The van der Waals surface area contributed by atoms with E-state index in [0.717, 1.165) is 10.5 Å². The number of para-hydroxylation sites is 1. The molecule has 29 heavy (non-hydrogen) atoms. The van der Waals surface area contributed by atoms with Crippen molar-refractivity contribution in [1.82, 2.24) is 0 Å². The van der Waals surface area contributed by atoms with Gasteiger partial charge in [-0.3, -0.25) is 0 Å². The number of hydrogen-bond donors (Lipinski definition) is 0. The molecular formula is C21H20O5S3. The lowest BCUT2D eigenvalue weighted by Crippen LogP contribution is -2.24. The van der Waals surface area contributed by atoms with E-state index in [0.29, 0.717) is 5.75 Å². The summed E-state index contributed by atoms with van der Waals surface area (Å²) in [7, 11) is 2.84. The monoisotopic (exact) mass is 448 g/mol. The maximum atomic E-state index is 12.3. The van der Waals surface area contributed by atoms with Crippen molar-refractivity contribution in [3.8, 4) is 11.5 Å². The molecule has 2 rings (SSSR count). The molecular weight excluding hydrogens is 428 g/mol. The van der Waals surface area contributed by atoms with E-state index in [1.807, 2.05) is 0 Å². The van der Waals surface area contributed by atoms with Crippen LogP contribution in [0.2, 0.25) is 0 Å². The average molecular weight is 449 g/mol. The number of benzene rings is 2. The fourth-order valence-electron chi connectivity index (χ4n) is 2.10. The number of carbonyl (C=O) groups is 2. The van der Waals surface area contributed by atoms with Crippen molar-refractivity contribution >= 4 is 55.5 Å². The van der Waals surface area contributed by atoms with E-state index in [4.69, 9.17) is 26.4 Å². The van der Waals surface area contributed by atoms with E-state index in [9.17, 15) is 9.59 Å². The van der Waals surface area contributed by atoms with Crippen LogP contribution in [0.4, 0.5) is 4.79 Å². The van der Waals surface area contributed by atoms with E-state index in [1.165, 1.54) is 33.7 Å². The molecule has 0 unspecified atom stereocenters. The van der Waals surface area contributed by atoms with Crippen molar-refractivity contribution in [2.24, 2.45) is 0 Å². The summed E-state index contributed by atoms with van der Waals surface area (Å²) >= 11 is 4.77. The van der Waals surface area contributed by atoms with Crippen molar-refractivity contribution in [3.05, 3.63) is 66.2 Å². The van der Waals surface area contributed by atoms with Crippen LogP contribution in [0.15, 0.2) is 55.1 Å². The Kier molecular flexibility index (Phi) is 8.31. The Morgan fingerprint density at radius 2 is 1.69 bits per heavy atom. The van der Waals surface area contributed by atoms with E-state index in [1.54, 1.807) is 61.9 Å². The van der Waals surface area contributed by atoms with Gasteiger partial charge < -0.3 is 14.2 Å². The van der Waals surface area contributed by atoms with Gasteiger partial charge in [0.2, 0.25) is 0 Å². The van der Waals surface area contributed by atoms with E-state index in [-0.39, 0.29) is 11.3 Å². The lowest BCUT2D eigenvalue weighted by atomic mass is 10.1. The molecule has 0 N–H and O–H groups in total. The molecule has 0 saturated heterocycles. The third-order valence-corrected chi connectivity index (χ3v) is 5.71. The van der Waals surface area contributed by atoms with Gasteiger partial charge in [0.25, 0.3) is 0 Å². The van der Waals surface area contributed by atoms with Gasteiger partial charge in [0, 0.05) is 9.60 Å². The maximum Gasteiger partial charge on any atom is 0.519 e. The molecule has 0 fully saturated rings. The number of thiocarbonyl (C=S) groups is 1. The molecule has 0 aliphatic carbocycles. The smallest absolute Gasteiger partial charge is 0.456 e. The van der Waals surface area contributed by atoms with Crippen molar-refractivity contribution in [2.45, 2.75) is 26.4 Å². The minimum Gasteiger partial charge on any atom is -0.456 e. The van der Waals surface area contributed by atoms with Crippen LogP contribution in [0.1, 0.15) is 36.7 Å². The number of ether oxygens (including phenoxy) is 3. The Balaban J connectivity index is 2.04. The minimum atomic E-state index is -0.960. The minimum absolute atomic E-state index is 0.0605. The van der Waals surface area contributed by atoms with Crippen LogP contribution < -0.4 is 9.47 Å². The molecule has 0 aromatic heterocycles. The summed E-state index contributed by atoms with van der Waals surface area (Å²) in [5.41, 5.74) is 0.353. The van der Waals surface area contributed by atoms with Crippen LogP contribution >= 0.6 is 33.8 Å². The topological polar surface area (TPSA) is 61.8 Å². The Hall–Kier alpha value is -2.29. The standard InChI is InChI=1S/C21H20O5S3/c1-14(29-28-13-27)15-9-11-16(12-10-15)24-20(23)25-18-8-6-5-7-17(18)19(22)26-21(2,3)4/h5-13H,1H2,2-4H3. The normalized spacial score (nSPS) is 10.7. The molecule has 2 aromatic rings. The predicted octanol–water partition coefficient (Wildman–Crippen LogP) is 6.53. The molecule has 2 aromatic carbocycles. The molecule has 8 heteroatoms. The van der Waals surface area contributed by atoms with Gasteiger partial charge in [0.1, 0.15) is 22.7 Å². The highest BCUT2D eigenvalue weighted by atomic mass is 33.1. The Bertz CT molecular complexity index is 901. The number of esters is 1. The molecule has 0 saturated carbocycles. The molecule has 0 aliphatic heterocycles. The summed E-state index contributed by atoms with van der Waals surface area (Å²) in [6, 6.07) is 13.1. The summed E-state index contributed by atoms with van der Waals surface area (Å²) in [5, 5.41) is 0. The van der Waals surface area contributed by atoms with Crippen molar-refractivity contribution in [3.63, 3.8) is 0 Å². The summed E-state index contributed by atoms with van der Waals surface area (Å²) in [5.74, 6) is -0.227. The first-order chi connectivity index (χ1) is 13.7. The molecule has 0 atom stereocenters. The number of carbonyl (C=O) groups excluding carboxylic acids is 2. The number of rotatable bonds is 7. The Morgan fingerprint density at radius 1 is 1.03 bits per heavy atom. The first-order valence-corrected chi connectivity index (χ1v) is 11.2. The molecule has 0 radical (unpaired) electrons. The van der Waals surface area contributed by atoms with E-state index >= 15 is 0 Å². The lowest BCUT2D eigenvalue weighted by Gasteiger charge is -2.20. The van der Waals surface area contributed by atoms with E-state index < -0.39 is 17.7 Å². The molecule has 0 bridgehead atoms. The summed E-state index contributed by atoms with van der Waals surface area (Å²) < 4.78 is 17.3. The molecule has 5 nitrogen and oxygen atoms in total. The van der Waals surface area contributed by atoms with Crippen LogP contribution in [0.3, 0.4) is 0 Å². The highest BCUT2D eigenvalue weighted by Gasteiger charge is 2.22. The van der Waals surface area contributed by atoms with Gasteiger partial charge in [-0.05, 0) is 61.4 Å². The average Bonchev–Trinajstić information content (AvgIpc) is 2.65. The van der Waals surface area contributed by atoms with Gasteiger partial charge in [0.15, 0.2) is 0 Å². The van der Waals surface area contributed by atoms with Crippen LogP contribution in [0.5, 0.6) is 11.5 Å². The zero-order valence-electron chi connectivity index (χ0n) is 16.2. The second kappa shape index (κ2) is 10.5. The molecule has 152 valence electrons. The second-order valence-electron chi connectivity index (χ2n) is 6.68. The highest BCUT2D eigenvalue weighted by molar-refractivity contribution is 8.85. The molecule has 0 aliphatic rings. The first-order valence-electron chi connectivity index (χ1n) is 8.48. The zero-order chi connectivity index (χ0) is 21.4. The lowest BCUT2D eigenvalue weighted by molar-refractivity contribution is 0.00670. The highest BCUT2D eigenvalue weighted by Crippen LogP contribution is 2.35. The van der Waals surface area contributed by atoms with Gasteiger partial charge >= 0.3 is 12.1 Å². The molecule has 0 spiro atoms. The zero-order valence-corrected chi connectivity index (χ0v) is 18.6. The van der Waals surface area contributed by atoms with Crippen LogP contribution in [-0.4, -0.2) is 22.4 Å². The fourth-order valence-corrected chi connectivity index (χ4v) is 3.60. The third-order valence-electron chi connectivity index (χ3n) is 3.26. The van der Waals surface area contributed by atoms with E-state index in [2.05, 4.69) is 6.58 Å². The van der Waals surface area contributed by atoms with Gasteiger partial charge in [0.05, 0.1) is 0 Å². The summed E-state index contributed by atoms with van der Waals surface area (Å²) in [6.07, 6.45) is -0.960. The first kappa shape index (κ1) is 23.0. The quantitative estimate of drug-likeness (QED) is 0.205. The van der Waals surface area contributed by atoms with Gasteiger partial charge in [-0.2, -0.15) is 0 Å². The third kappa shape index (κ3) is 7.56. The van der Waals surface area contributed by atoms with Gasteiger partial charge in [-0.1, -0.05) is 53.9 Å². The van der Waals surface area contributed by atoms with Crippen molar-refractivity contribution in [1.29, 1.82) is 0 Å². The summed E-state index contributed by atoms with van der Waals surface area (Å²) in [4.78, 5) is 25.3. The predicted molar refractivity (Wildman–Crippen MR) is 123 cm³/mol. The molecule has 0 heterocycles. The Morgan fingerprint density at radius 3 is 2.31 bits per heavy atom. The Labute approximate surface area is 183 Å². The molecule has 0 amide bonds. The number of hydrogen-bond acceptors (Lipinski definition) is 8. The maximum absolute atomic E-state index is 12.3. The fraction of sp³-hybridized carbons (Fsp3) is 0.190. The van der Waals surface area contributed by atoms with Crippen LogP contribution in [0, 0.1) is 0 Å². The SMILES string of the molecule is C=C(SSC=S)c1ccc(OC(=O)Oc2ccccc2C(=O)OC(C)(C)C)cc1. The summed E-state index contributed by atoms with van der Waals surface area (Å²) in [6.45, 7) is 9.23. The van der Waals surface area contributed by atoms with Gasteiger partial charge in [-0.25, -0.2) is 9.59 Å². The van der Waals surface area contributed by atoms with Crippen molar-refractivity contribution < 1.29 is 23.8 Å². The van der Waals surface area contributed by atoms with Crippen LogP contribution in [0.25, 0.3) is 4.91 Å². The largest absolute Gasteiger partial charge is 0.519 e. The van der Waals surface area contributed by atoms with Gasteiger partial charge in [-0.15, -0.1) is 0 Å².